The number of rotatable bonds is 7. The lowest BCUT2D eigenvalue weighted by molar-refractivity contribution is -0.384. The minimum Gasteiger partial charge on any atom is -0.491 e. The maximum atomic E-state index is 10.9. The van der Waals surface area contributed by atoms with E-state index in [0.717, 1.165) is 0 Å². The first-order valence-corrected chi connectivity index (χ1v) is 6.23. The van der Waals surface area contributed by atoms with Crippen LogP contribution in [0.2, 0.25) is 0 Å². The van der Waals surface area contributed by atoms with Gasteiger partial charge in [0.05, 0.1) is 17.1 Å². The fourth-order valence-electron chi connectivity index (χ4n) is 1.49. The van der Waals surface area contributed by atoms with Crippen molar-refractivity contribution >= 4 is 11.4 Å². The third kappa shape index (κ3) is 5.13. The molecule has 0 aliphatic heterocycles. The van der Waals surface area contributed by atoms with E-state index < -0.39 is 4.92 Å². The van der Waals surface area contributed by atoms with Crippen LogP contribution < -0.4 is 10.1 Å². The van der Waals surface area contributed by atoms with Gasteiger partial charge in [0.1, 0.15) is 5.75 Å². The number of ether oxygens (including phenoxy) is 1. The summed E-state index contributed by atoms with van der Waals surface area (Å²) in [5, 5.41) is 22.9. The highest BCUT2D eigenvalue weighted by atomic mass is 16.6. The lowest BCUT2D eigenvalue weighted by Crippen LogP contribution is -2.14. The van der Waals surface area contributed by atoms with Crippen molar-refractivity contribution in [3.63, 3.8) is 0 Å². The molecule has 1 aromatic carbocycles. The number of nitrogens with one attached hydrogen (secondary N) is 1. The maximum absolute atomic E-state index is 10.9. The standard InChI is InChI=1S/C13H20N2O4/c1-9(2)19-13-5-11(14-7-10(3)8-16)4-12(6-13)15(17)18/h4-6,9-10,14,16H,7-8H2,1-3H3. The topological polar surface area (TPSA) is 84.6 Å². The van der Waals surface area contributed by atoms with Crippen LogP contribution in [0.15, 0.2) is 18.2 Å². The van der Waals surface area contributed by atoms with E-state index in [0.29, 0.717) is 18.0 Å². The first kappa shape index (κ1) is 15.2. The Hall–Kier alpha value is -1.82. The van der Waals surface area contributed by atoms with Gasteiger partial charge in [-0.3, -0.25) is 10.1 Å². The Balaban J connectivity index is 2.89. The molecule has 0 amide bonds. The van der Waals surface area contributed by atoms with E-state index in [2.05, 4.69) is 5.32 Å². The highest BCUT2D eigenvalue weighted by Gasteiger charge is 2.12. The summed E-state index contributed by atoms with van der Waals surface area (Å²) in [6.45, 7) is 6.21. The van der Waals surface area contributed by atoms with Crippen molar-refractivity contribution in [2.24, 2.45) is 5.92 Å². The van der Waals surface area contributed by atoms with Crippen molar-refractivity contribution in [3.05, 3.63) is 28.3 Å². The second kappa shape index (κ2) is 6.94. The van der Waals surface area contributed by atoms with E-state index in [1.807, 2.05) is 20.8 Å². The summed E-state index contributed by atoms with van der Waals surface area (Å²) in [6, 6.07) is 4.58. The van der Waals surface area contributed by atoms with Crippen LogP contribution in [0.1, 0.15) is 20.8 Å². The number of hydrogen-bond donors (Lipinski definition) is 2. The molecular weight excluding hydrogens is 248 g/mol. The van der Waals surface area contributed by atoms with Crippen LogP contribution in [0, 0.1) is 16.0 Å². The zero-order valence-electron chi connectivity index (χ0n) is 11.4. The van der Waals surface area contributed by atoms with Gasteiger partial charge in [0, 0.05) is 31.0 Å². The Labute approximate surface area is 112 Å². The van der Waals surface area contributed by atoms with E-state index in [1.165, 1.54) is 12.1 Å². The van der Waals surface area contributed by atoms with Crippen molar-refractivity contribution in [2.75, 3.05) is 18.5 Å². The van der Waals surface area contributed by atoms with E-state index in [-0.39, 0.29) is 24.3 Å². The van der Waals surface area contributed by atoms with Crippen molar-refractivity contribution in [1.82, 2.24) is 0 Å². The van der Waals surface area contributed by atoms with Crippen LogP contribution in [0.25, 0.3) is 0 Å². The predicted molar refractivity (Wildman–Crippen MR) is 73.6 cm³/mol. The third-order valence-corrected chi connectivity index (χ3v) is 2.44. The Morgan fingerprint density at radius 1 is 1.37 bits per heavy atom. The molecule has 0 saturated heterocycles. The summed E-state index contributed by atoms with van der Waals surface area (Å²) < 4.78 is 5.48. The molecule has 0 aliphatic rings. The summed E-state index contributed by atoms with van der Waals surface area (Å²) in [6.07, 6.45) is -0.0498. The lowest BCUT2D eigenvalue weighted by atomic mass is 10.2. The molecule has 1 unspecified atom stereocenters. The van der Waals surface area contributed by atoms with Gasteiger partial charge >= 0.3 is 0 Å². The number of nitro groups is 1. The maximum Gasteiger partial charge on any atom is 0.275 e. The van der Waals surface area contributed by atoms with Gasteiger partial charge in [-0.25, -0.2) is 0 Å². The number of aliphatic hydroxyl groups is 1. The molecule has 19 heavy (non-hydrogen) atoms. The Morgan fingerprint density at radius 3 is 2.58 bits per heavy atom. The number of benzene rings is 1. The largest absolute Gasteiger partial charge is 0.491 e. The zero-order valence-corrected chi connectivity index (χ0v) is 11.4. The highest BCUT2D eigenvalue weighted by Crippen LogP contribution is 2.26. The van der Waals surface area contributed by atoms with Gasteiger partial charge < -0.3 is 15.2 Å². The van der Waals surface area contributed by atoms with Gasteiger partial charge in [0.15, 0.2) is 0 Å². The molecule has 0 radical (unpaired) electrons. The van der Waals surface area contributed by atoms with Gasteiger partial charge in [-0.05, 0) is 19.8 Å². The molecule has 106 valence electrons. The van der Waals surface area contributed by atoms with Crippen LogP contribution in [0.3, 0.4) is 0 Å². The van der Waals surface area contributed by atoms with Gasteiger partial charge in [-0.1, -0.05) is 6.92 Å². The molecule has 0 aromatic heterocycles. The average molecular weight is 268 g/mol. The number of aliphatic hydroxyl groups excluding tert-OH is 1. The summed E-state index contributed by atoms with van der Waals surface area (Å²) in [4.78, 5) is 10.4. The van der Waals surface area contributed by atoms with Crippen LogP contribution in [-0.4, -0.2) is 29.3 Å². The van der Waals surface area contributed by atoms with E-state index in [1.54, 1.807) is 6.07 Å². The summed E-state index contributed by atoms with van der Waals surface area (Å²) in [5.74, 6) is 0.539. The second-order valence-electron chi connectivity index (χ2n) is 4.81. The summed E-state index contributed by atoms with van der Waals surface area (Å²) in [5.41, 5.74) is 0.599. The van der Waals surface area contributed by atoms with Crippen LogP contribution in [0.4, 0.5) is 11.4 Å². The normalized spacial score (nSPS) is 12.3. The molecule has 1 atom stereocenters. The van der Waals surface area contributed by atoms with Crippen molar-refractivity contribution in [3.8, 4) is 5.75 Å². The average Bonchev–Trinajstić information content (AvgIpc) is 2.34. The van der Waals surface area contributed by atoms with Crippen LogP contribution >= 0.6 is 0 Å². The predicted octanol–water partition coefficient (Wildman–Crippen LogP) is 2.42. The quantitative estimate of drug-likeness (QED) is 0.586. The first-order valence-electron chi connectivity index (χ1n) is 6.23. The Bertz CT molecular complexity index is 435. The summed E-state index contributed by atoms with van der Waals surface area (Å²) >= 11 is 0. The lowest BCUT2D eigenvalue weighted by Gasteiger charge is -2.14. The second-order valence-corrected chi connectivity index (χ2v) is 4.81. The van der Waals surface area contributed by atoms with Gasteiger partial charge in [-0.15, -0.1) is 0 Å². The molecule has 0 fully saturated rings. The van der Waals surface area contributed by atoms with Crippen LogP contribution in [-0.2, 0) is 0 Å². The molecule has 6 heteroatoms. The molecular formula is C13H20N2O4. The molecule has 0 aliphatic carbocycles. The minimum atomic E-state index is -0.451. The smallest absolute Gasteiger partial charge is 0.275 e. The van der Waals surface area contributed by atoms with Gasteiger partial charge in [-0.2, -0.15) is 0 Å². The number of anilines is 1. The van der Waals surface area contributed by atoms with Crippen molar-refractivity contribution in [1.29, 1.82) is 0 Å². The zero-order chi connectivity index (χ0) is 14.4. The van der Waals surface area contributed by atoms with E-state index in [9.17, 15) is 10.1 Å². The molecule has 1 rings (SSSR count). The minimum absolute atomic E-state index is 0.0164. The SMILES string of the molecule is CC(CO)CNc1cc(OC(C)C)cc([N+](=O)[O-])c1. The Kier molecular flexibility index (Phi) is 5.57. The first-order chi connectivity index (χ1) is 8.92. The number of hydrogen-bond acceptors (Lipinski definition) is 5. The monoisotopic (exact) mass is 268 g/mol. The number of nitrogens with zero attached hydrogens (tertiary/aromatic N) is 1. The number of non-ortho nitro benzene ring substituents is 1. The molecule has 1 aromatic rings. The molecule has 0 heterocycles. The Morgan fingerprint density at radius 2 is 2.05 bits per heavy atom. The molecule has 0 spiro atoms. The summed E-state index contributed by atoms with van der Waals surface area (Å²) in [7, 11) is 0. The van der Waals surface area contributed by atoms with E-state index >= 15 is 0 Å². The van der Waals surface area contributed by atoms with Gasteiger partial charge in [0.25, 0.3) is 5.69 Å². The molecule has 2 N–H and O–H groups in total. The number of nitro benzene ring substituents is 1. The fraction of sp³-hybridized carbons (Fsp3) is 0.538. The fourth-order valence-corrected chi connectivity index (χ4v) is 1.49. The molecule has 0 saturated carbocycles. The van der Waals surface area contributed by atoms with E-state index in [4.69, 9.17) is 9.84 Å². The van der Waals surface area contributed by atoms with Crippen molar-refractivity contribution < 1.29 is 14.8 Å². The van der Waals surface area contributed by atoms with Crippen LogP contribution in [0.5, 0.6) is 5.75 Å². The highest BCUT2D eigenvalue weighted by molar-refractivity contribution is 5.56. The van der Waals surface area contributed by atoms with Gasteiger partial charge in [0.2, 0.25) is 0 Å². The van der Waals surface area contributed by atoms with Crippen molar-refractivity contribution in [2.45, 2.75) is 26.9 Å². The molecule has 6 nitrogen and oxygen atoms in total. The third-order valence-electron chi connectivity index (χ3n) is 2.44. The molecule has 0 bridgehead atoms.